The summed E-state index contributed by atoms with van der Waals surface area (Å²) in [5.41, 5.74) is 1.46. The van der Waals surface area contributed by atoms with E-state index < -0.39 is 0 Å². The van der Waals surface area contributed by atoms with Crippen LogP contribution >= 0.6 is 0 Å². The molecule has 1 aromatic heterocycles. The van der Waals surface area contributed by atoms with Crippen LogP contribution in [0.25, 0.3) is 0 Å². The predicted molar refractivity (Wildman–Crippen MR) is 121 cm³/mol. The summed E-state index contributed by atoms with van der Waals surface area (Å²) in [6.07, 6.45) is 1.98. The molecule has 1 unspecified atom stereocenters. The van der Waals surface area contributed by atoms with Gasteiger partial charge in [0.2, 0.25) is 18.6 Å². The van der Waals surface area contributed by atoms with Crippen molar-refractivity contribution in [3.63, 3.8) is 0 Å². The van der Waals surface area contributed by atoms with Crippen LogP contribution in [0.5, 0.6) is 17.2 Å². The molecule has 0 spiro atoms. The highest BCUT2D eigenvalue weighted by Crippen LogP contribution is 2.37. The van der Waals surface area contributed by atoms with Crippen LogP contribution in [0, 0.1) is 18.8 Å². The number of carbonyl (C=O) groups excluding carboxylic acids is 1. The summed E-state index contributed by atoms with van der Waals surface area (Å²) in [5, 5.41) is 6.44. The SMILES string of the molecule is Cc1nc(N[C@H]2C[C@@H](COc3ccc4c(c3)OCO4)C2)nc2c1NC(=O)C(C(C)C)N2C. The summed E-state index contributed by atoms with van der Waals surface area (Å²) in [6.45, 7) is 6.91. The lowest BCUT2D eigenvalue weighted by molar-refractivity contribution is -0.118. The van der Waals surface area contributed by atoms with Crippen molar-refractivity contribution in [1.29, 1.82) is 0 Å². The summed E-state index contributed by atoms with van der Waals surface area (Å²) < 4.78 is 16.7. The van der Waals surface area contributed by atoms with Crippen LogP contribution in [-0.4, -0.2) is 48.4 Å². The smallest absolute Gasteiger partial charge is 0.247 e. The van der Waals surface area contributed by atoms with Gasteiger partial charge in [-0.1, -0.05) is 13.8 Å². The molecule has 0 radical (unpaired) electrons. The number of nitrogens with zero attached hydrogens (tertiary/aromatic N) is 3. The van der Waals surface area contributed by atoms with E-state index in [4.69, 9.17) is 19.2 Å². The van der Waals surface area contributed by atoms with E-state index in [9.17, 15) is 4.79 Å². The van der Waals surface area contributed by atoms with Gasteiger partial charge < -0.3 is 29.7 Å². The largest absolute Gasteiger partial charge is 0.493 e. The van der Waals surface area contributed by atoms with Gasteiger partial charge in [0.1, 0.15) is 17.5 Å². The first-order chi connectivity index (χ1) is 15.4. The van der Waals surface area contributed by atoms with E-state index in [1.807, 2.05) is 50.9 Å². The zero-order chi connectivity index (χ0) is 22.4. The van der Waals surface area contributed by atoms with E-state index in [2.05, 4.69) is 15.6 Å². The molecule has 2 N–H and O–H groups in total. The summed E-state index contributed by atoms with van der Waals surface area (Å²) in [5.74, 6) is 4.30. The van der Waals surface area contributed by atoms with Crippen molar-refractivity contribution in [2.45, 2.75) is 45.7 Å². The fourth-order valence-electron chi connectivity index (χ4n) is 4.63. The minimum Gasteiger partial charge on any atom is -0.493 e. The number of benzene rings is 1. The van der Waals surface area contributed by atoms with Crippen molar-refractivity contribution < 1.29 is 19.0 Å². The zero-order valence-electron chi connectivity index (χ0n) is 18.8. The Labute approximate surface area is 187 Å². The molecule has 1 fully saturated rings. The van der Waals surface area contributed by atoms with Gasteiger partial charge in [0.05, 0.1) is 12.3 Å². The third kappa shape index (κ3) is 3.76. The van der Waals surface area contributed by atoms with Gasteiger partial charge in [0, 0.05) is 19.2 Å². The first kappa shape index (κ1) is 20.7. The van der Waals surface area contributed by atoms with Gasteiger partial charge in [-0.15, -0.1) is 0 Å². The third-order valence-electron chi connectivity index (χ3n) is 6.37. The molecule has 1 aliphatic carbocycles. The number of hydrogen-bond acceptors (Lipinski definition) is 8. The number of ether oxygens (including phenoxy) is 3. The average Bonchev–Trinajstić information content (AvgIpc) is 3.18. The van der Waals surface area contributed by atoms with Crippen molar-refractivity contribution in [1.82, 2.24) is 9.97 Å². The molecule has 1 amide bonds. The molecule has 2 aromatic rings. The fourth-order valence-corrected chi connectivity index (χ4v) is 4.63. The van der Waals surface area contributed by atoms with Crippen LogP contribution in [0.15, 0.2) is 18.2 Å². The quantitative estimate of drug-likeness (QED) is 0.708. The van der Waals surface area contributed by atoms with Gasteiger partial charge in [0.15, 0.2) is 17.3 Å². The Morgan fingerprint density at radius 2 is 2.03 bits per heavy atom. The van der Waals surface area contributed by atoms with Crippen LogP contribution < -0.4 is 29.7 Å². The number of likely N-dealkylation sites (N-methyl/N-ethyl adjacent to an activating group) is 1. The molecule has 1 aromatic carbocycles. The van der Waals surface area contributed by atoms with Gasteiger partial charge in [-0.25, -0.2) is 4.98 Å². The van der Waals surface area contributed by atoms with Crippen molar-refractivity contribution in [2.75, 3.05) is 36.0 Å². The van der Waals surface area contributed by atoms with Gasteiger partial charge in [-0.3, -0.25) is 4.79 Å². The van der Waals surface area contributed by atoms with Gasteiger partial charge in [0.25, 0.3) is 0 Å². The Bertz CT molecular complexity index is 1040. The van der Waals surface area contributed by atoms with E-state index in [1.54, 1.807) is 0 Å². The maximum atomic E-state index is 12.5. The Balaban J connectivity index is 1.18. The molecule has 3 aliphatic rings. The number of carbonyl (C=O) groups is 1. The highest BCUT2D eigenvalue weighted by molar-refractivity contribution is 6.03. The first-order valence-electron chi connectivity index (χ1n) is 11.1. The Kier molecular flexibility index (Phi) is 5.19. The maximum Gasteiger partial charge on any atom is 0.247 e. The molecular weight excluding hydrogens is 410 g/mol. The standard InChI is InChI=1S/C23H29N5O4/c1-12(2)20-22(29)26-19-13(3)24-23(27-21(19)28(20)4)25-15-7-14(8-15)10-30-16-5-6-17-18(9-16)32-11-31-17/h5-6,9,12,14-15,20H,7-8,10-11H2,1-4H3,(H,26,29)(H,24,25,27)/t14-,15+,20?. The van der Waals surface area contributed by atoms with Crippen molar-refractivity contribution in [3.05, 3.63) is 23.9 Å². The maximum absolute atomic E-state index is 12.5. The second-order valence-corrected chi connectivity index (χ2v) is 9.13. The lowest BCUT2D eigenvalue weighted by Gasteiger charge is -2.38. The minimum atomic E-state index is -0.244. The molecular formula is C23H29N5O4. The number of nitrogens with one attached hydrogen (secondary N) is 2. The van der Waals surface area contributed by atoms with E-state index in [0.717, 1.165) is 41.6 Å². The summed E-state index contributed by atoms with van der Waals surface area (Å²) in [4.78, 5) is 23.8. The van der Waals surface area contributed by atoms with Crippen LogP contribution in [0.3, 0.4) is 0 Å². The fraction of sp³-hybridized carbons (Fsp3) is 0.522. The molecule has 1 atom stereocenters. The number of amides is 1. The van der Waals surface area contributed by atoms with Crippen LogP contribution in [0.2, 0.25) is 0 Å². The van der Waals surface area contributed by atoms with Gasteiger partial charge in [-0.2, -0.15) is 4.98 Å². The topological polar surface area (TPSA) is 97.8 Å². The van der Waals surface area contributed by atoms with E-state index >= 15 is 0 Å². The second kappa shape index (κ2) is 8.03. The average molecular weight is 440 g/mol. The summed E-state index contributed by atoms with van der Waals surface area (Å²) >= 11 is 0. The monoisotopic (exact) mass is 439 g/mol. The van der Waals surface area contributed by atoms with Crippen molar-refractivity contribution in [3.8, 4) is 17.2 Å². The molecule has 1 saturated carbocycles. The predicted octanol–water partition coefficient (Wildman–Crippen LogP) is 3.20. The van der Waals surface area contributed by atoms with Gasteiger partial charge in [-0.05, 0) is 43.7 Å². The van der Waals surface area contributed by atoms with Crippen molar-refractivity contribution >= 4 is 23.4 Å². The lowest BCUT2D eigenvalue weighted by Crippen LogP contribution is -2.50. The summed E-state index contributed by atoms with van der Waals surface area (Å²) in [6, 6.07) is 5.72. The molecule has 0 saturated heterocycles. The normalized spacial score (nSPS) is 23.5. The number of aromatic nitrogens is 2. The molecule has 2 aliphatic heterocycles. The van der Waals surface area contributed by atoms with E-state index in [0.29, 0.717) is 30.2 Å². The lowest BCUT2D eigenvalue weighted by atomic mass is 9.81. The number of aryl methyl sites for hydroxylation is 1. The summed E-state index contributed by atoms with van der Waals surface area (Å²) in [7, 11) is 1.92. The van der Waals surface area contributed by atoms with Crippen LogP contribution in [-0.2, 0) is 4.79 Å². The minimum absolute atomic E-state index is 0.00768. The highest BCUT2D eigenvalue weighted by atomic mass is 16.7. The molecule has 9 heteroatoms. The number of anilines is 3. The number of rotatable bonds is 6. The Morgan fingerprint density at radius 1 is 1.25 bits per heavy atom. The molecule has 170 valence electrons. The van der Waals surface area contributed by atoms with Crippen LogP contribution in [0.1, 0.15) is 32.4 Å². The molecule has 5 rings (SSSR count). The highest BCUT2D eigenvalue weighted by Gasteiger charge is 2.36. The van der Waals surface area contributed by atoms with Crippen molar-refractivity contribution in [2.24, 2.45) is 11.8 Å². The molecule has 9 nitrogen and oxygen atoms in total. The molecule has 0 bridgehead atoms. The van der Waals surface area contributed by atoms with E-state index in [-0.39, 0.29) is 24.7 Å². The molecule has 3 heterocycles. The Morgan fingerprint density at radius 3 is 2.81 bits per heavy atom. The Hall–Kier alpha value is -3.23. The number of hydrogen-bond donors (Lipinski definition) is 2. The van der Waals surface area contributed by atoms with E-state index in [1.165, 1.54) is 0 Å². The zero-order valence-corrected chi connectivity index (χ0v) is 18.8. The second-order valence-electron chi connectivity index (χ2n) is 9.13. The third-order valence-corrected chi connectivity index (χ3v) is 6.37. The number of fused-ring (bicyclic) bond motifs is 2. The molecule has 32 heavy (non-hydrogen) atoms. The van der Waals surface area contributed by atoms with Crippen LogP contribution in [0.4, 0.5) is 17.5 Å². The first-order valence-corrected chi connectivity index (χ1v) is 11.1. The van der Waals surface area contributed by atoms with Gasteiger partial charge >= 0.3 is 0 Å².